The van der Waals surface area contributed by atoms with Gasteiger partial charge in [0.25, 0.3) is 0 Å². The summed E-state index contributed by atoms with van der Waals surface area (Å²) in [6.07, 6.45) is -3.80. The average molecular weight is 326 g/mol. The maximum absolute atomic E-state index is 11.9. The van der Waals surface area contributed by atoms with Gasteiger partial charge in [-0.25, -0.2) is 0 Å². The standard InChI is InChI=1S/C12H15BrF3NO/c13-11-4-2-1-3-10(11)9(7-17)5-6-18-8-12(14,15)16/h1-4,9H,5-8,17H2. The van der Waals surface area contributed by atoms with E-state index in [9.17, 15) is 13.2 Å². The Morgan fingerprint density at radius 1 is 1.28 bits per heavy atom. The molecule has 1 rings (SSSR count). The Morgan fingerprint density at radius 3 is 2.50 bits per heavy atom. The van der Waals surface area contributed by atoms with Gasteiger partial charge in [-0.15, -0.1) is 0 Å². The van der Waals surface area contributed by atoms with Crippen LogP contribution < -0.4 is 5.73 Å². The lowest BCUT2D eigenvalue weighted by molar-refractivity contribution is -0.174. The second-order valence-electron chi connectivity index (χ2n) is 3.91. The van der Waals surface area contributed by atoms with Gasteiger partial charge in [0.2, 0.25) is 0 Å². The van der Waals surface area contributed by atoms with Crippen LogP contribution >= 0.6 is 15.9 Å². The van der Waals surface area contributed by atoms with Crippen LogP contribution in [0.25, 0.3) is 0 Å². The topological polar surface area (TPSA) is 35.2 Å². The second kappa shape index (κ2) is 7.11. The highest BCUT2D eigenvalue weighted by Gasteiger charge is 2.27. The van der Waals surface area contributed by atoms with E-state index in [2.05, 4.69) is 20.7 Å². The van der Waals surface area contributed by atoms with E-state index in [-0.39, 0.29) is 12.5 Å². The van der Waals surface area contributed by atoms with Gasteiger partial charge < -0.3 is 10.5 Å². The predicted octanol–water partition coefficient (Wildman–Crippen LogP) is 3.46. The van der Waals surface area contributed by atoms with Crippen LogP contribution in [-0.2, 0) is 4.74 Å². The summed E-state index contributed by atoms with van der Waals surface area (Å²) < 4.78 is 41.2. The minimum Gasteiger partial charge on any atom is -0.372 e. The van der Waals surface area contributed by atoms with E-state index < -0.39 is 12.8 Å². The molecule has 0 aliphatic carbocycles. The molecule has 0 aliphatic heterocycles. The summed E-state index contributed by atoms with van der Waals surface area (Å²) in [6, 6.07) is 7.54. The van der Waals surface area contributed by atoms with Gasteiger partial charge in [0.05, 0.1) is 0 Å². The molecule has 0 aromatic heterocycles. The zero-order valence-corrected chi connectivity index (χ0v) is 11.3. The minimum atomic E-state index is -4.27. The van der Waals surface area contributed by atoms with Crippen molar-refractivity contribution in [1.82, 2.24) is 0 Å². The number of halogens is 4. The number of rotatable bonds is 6. The first-order valence-electron chi connectivity index (χ1n) is 5.53. The molecule has 0 radical (unpaired) electrons. The maximum atomic E-state index is 11.9. The molecule has 0 bridgehead atoms. The van der Waals surface area contributed by atoms with Crippen molar-refractivity contribution >= 4 is 15.9 Å². The Labute approximate surface area is 112 Å². The summed E-state index contributed by atoms with van der Waals surface area (Å²) in [5, 5.41) is 0. The Kier molecular flexibility index (Phi) is 6.11. The van der Waals surface area contributed by atoms with Crippen LogP contribution in [0.2, 0.25) is 0 Å². The van der Waals surface area contributed by atoms with Crippen LogP contribution in [0.3, 0.4) is 0 Å². The van der Waals surface area contributed by atoms with Gasteiger partial charge >= 0.3 is 6.18 Å². The predicted molar refractivity (Wildman–Crippen MR) is 67.4 cm³/mol. The monoisotopic (exact) mass is 325 g/mol. The first-order valence-corrected chi connectivity index (χ1v) is 6.32. The van der Waals surface area contributed by atoms with Crippen molar-refractivity contribution in [1.29, 1.82) is 0 Å². The van der Waals surface area contributed by atoms with E-state index in [4.69, 9.17) is 5.73 Å². The van der Waals surface area contributed by atoms with Crippen molar-refractivity contribution in [2.75, 3.05) is 19.8 Å². The highest BCUT2D eigenvalue weighted by molar-refractivity contribution is 9.10. The largest absolute Gasteiger partial charge is 0.411 e. The summed E-state index contributed by atoms with van der Waals surface area (Å²) in [5.41, 5.74) is 6.64. The average Bonchev–Trinajstić information content (AvgIpc) is 2.29. The molecule has 0 amide bonds. The van der Waals surface area contributed by atoms with E-state index in [1.807, 2.05) is 24.3 Å². The number of nitrogens with two attached hydrogens (primary N) is 1. The fraction of sp³-hybridized carbons (Fsp3) is 0.500. The Morgan fingerprint density at radius 2 is 1.94 bits per heavy atom. The molecular weight excluding hydrogens is 311 g/mol. The first kappa shape index (κ1) is 15.5. The molecule has 1 atom stereocenters. The molecule has 102 valence electrons. The van der Waals surface area contributed by atoms with Crippen LogP contribution in [0.5, 0.6) is 0 Å². The molecule has 0 spiro atoms. The van der Waals surface area contributed by atoms with Gasteiger partial charge in [-0.2, -0.15) is 13.2 Å². The highest BCUT2D eigenvalue weighted by Crippen LogP contribution is 2.26. The van der Waals surface area contributed by atoms with Crippen molar-refractivity contribution in [3.05, 3.63) is 34.3 Å². The van der Waals surface area contributed by atoms with Gasteiger partial charge in [-0.1, -0.05) is 34.1 Å². The van der Waals surface area contributed by atoms with Gasteiger partial charge in [0.1, 0.15) is 6.61 Å². The molecular formula is C12H15BrF3NO. The minimum absolute atomic E-state index is 0.00573. The van der Waals surface area contributed by atoms with Crippen molar-refractivity contribution in [3.8, 4) is 0 Å². The molecule has 0 saturated heterocycles. The van der Waals surface area contributed by atoms with Crippen molar-refractivity contribution in [2.24, 2.45) is 5.73 Å². The third-order valence-corrected chi connectivity index (χ3v) is 3.23. The summed E-state index contributed by atoms with van der Waals surface area (Å²) in [4.78, 5) is 0. The number of alkyl halides is 3. The third-order valence-electron chi connectivity index (χ3n) is 2.51. The molecule has 0 aliphatic rings. The normalized spacial score (nSPS) is 13.6. The first-order chi connectivity index (χ1) is 8.44. The zero-order chi connectivity index (χ0) is 13.6. The van der Waals surface area contributed by atoms with E-state index in [0.717, 1.165) is 10.0 Å². The lowest BCUT2D eigenvalue weighted by Crippen LogP contribution is -2.20. The number of hydrogen-bond donors (Lipinski definition) is 1. The molecule has 0 heterocycles. The van der Waals surface area contributed by atoms with Crippen molar-refractivity contribution in [2.45, 2.75) is 18.5 Å². The fourth-order valence-corrected chi connectivity index (χ4v) is 2.23. The third kappa shape index (κ3) is 5.37. The van der Waals surface area contributed by atoms with Crippen LogP contribution in [0.1, 0.15) is 17.9 Å². The van der Waals surface area contributed by atoms with E-state index in [1.54, 1.807) is 0 Å². The van der Waals surface area contributed by atoms with Crippen LogP contribution in [0, 0.1) is 0 Å². The Bertz CT molecular complexity index is 371. The number of ether oxygens (including phenoxy) is 1. The van der Waals surface area contributed by atoms with Gasteiger partial charge in [-0.05, 0) is 30.5 Å². The molecule has 0 fully saturated rings. The lowest BCUT2D eigenvalue weighted by atomic mass is 9.96. The highest BCUT2D eigenvalue weighted by atomic mass is 79.9. The number of hydrogen-bond acceptors (Lipinski definition) is 2. The summed E-state index contributed by atoms with van der Waals surface area (Å²) >= 11 is 3.40. The molecule has 0 saturated carbocycles. The summed E-state index contributed by atoms with van der Waals surface area (Å²) in [5.74, 6) is -0.00573. The zero-order valence-electron chi connectivity index (χ0n) is 9.71. The molecule has 1 unspecified atom stereocenters. The maximum Gasteiger partial charge on any atom is 0.411 e. The van der Waals surface area contributed by atoms with Crippen LogP contribution in [0.4, 0.5) is 13.2 Å². The van der Waals surface area contributed by atoms with E-state index in [1.165, 1.54) is 0 Å². The van der Waals surface area contributed by atoms with Crippen LogP contribution in [-0.4, -0.2) is 25.9 Å². The second-order valence-corrected chi connectivity index (χ2v) is 4.76. The van der Waals surface area contributed by atoms with Crippen LogP contribution in [0.15, 0.2) is 28.7 Å². The molecule has 2 N–H and O–H groups in total. The molecule has 18 heavy (non-hydrogen) atoms. The molecule has 6 heteroatoms. The molecule has 1 aromatic rings. The molecule has 1 aromatic carbocycles. The number of benzene rings is 1. The Balaban J connectivity index is 2.46. The Hall–Kier alpha value is -0.590. The SMILES string of the molecule is NCC(CCOCC(F)(F)F)c1ccccc1Br. The van der Waals surface area contributed by atoms with Gasteiger partial charge in [0, 0.05) is 11.1 Å². The lowest BCUT2D eigenvalue weighted by Gasteiger charge is -2.17. The fourth-order valence-electron chi connectivity index (χ4n) is 1.62. The smallest absolute Gasteiger partial charge is 0.372 e. The summed E-state index contributed by atoms with van der Waals surface area (Å²) in [6.45, 7) is -0.791. The van der Waals surface area contributed by atoms with E-state index >= 15 is 0 Å². The van der Waals surface area contributed by atoms with Gasteiger partial charge in [-0.3, -0.25) is 0 Å². The van der Waals surface area contributed by atoms with Crippen molar-refractivity contribution in [3.63, 3.8) is 0 Å². The van der Waals surface area contributed by atoms with Crippen molar-refractivity contribution < 1.29 is 17.9 Å². The molecule has 2 nitrogen and oxygen atoms in total. The summed E-state index contributed by atoms with van der Waals surface area (Å²) in [7, 11) is 0. The van der Waals surface area contributed by atoms with E-state index in [0.29, 0.717) is 13.0 Å². The van der Waals surface area contributed by atoms with Gasteiger partial charge in [0.15, 0.2) is 0 Å². The quantitative estimate of drug-likeness (QED) is 0.813.